The fourth-order valence-electron chi connectivity index (χ4n) is 4.53. The Labute approximate surface area is 219 Å². The van der Waals surface area contributed by atoms with E-state index in [0.29, 0.717) is 29.2 Å². The molecule has 9 nitrogen and oxygen atoms in total. The Bertz CT molecular complexity index is 1500. The van der Waals surface area contributed by atoms with Crippen LogP contribution < -0.4 is 5.32 Å². The van der Waals surface area contributed by atoms with E-state index in [0.717, 1.165) is 16.7 Å². The highest BCUT2D eigenvalue weighted by Gasteiger charge is 2.38. The number of carbonyl (C=O) groups excluding carboxylic acids is 3. The molecular weight excluding hydrogens is 484 g/mol. The molecule has 2 aromatic heterocycles. The summed E-state index contributed by atoms with van der Waals surface area (Å²) in [6.45, 7) is 4.12. The molecule has 1 atom stereocenters. The number of nitrogens with zero attached hydrogens (tertiary/aromatic N) is 3. The maximum atomic E-state index is 13.2. The number of fused-ring (bicyclic) bond motifs is 1. The molecule has 2 aromatic carbocycles. The van der Waals surface area contributed by atoms with Gasteiger partial charge in [0.2, 0.25) is 0 Å². The van der Waals surface area contributed by atoms with Gasteiger partial charge in [-0.15, -0.1) is 0 Å². The number of pyridine rings is 1. The van der Waals surface area contributed by atoms with Crippen LogP contribution in [0.2, 0.25) is 0 Å². The van der Waals surface area contributed by atoms with Gasteiger partial charge in [0, 0.05) is 23.2 Å². The van der Waals surface area contributed by atoms with Gasteiger partial charge < -0.3 is 19.4 Å². The highest BCUT2D eigenvalue weighted by atomic mass is 16.5. The predicted octanol–water partition coefficient (Wildman–Crippen LogP) is 4.81. The third-order valence-electron chi connectivity index (χ3n) is 6.43. The van der Waals surface area contributed by atoms with Gasteiger partial charge in [0.25, 0.3) is 11.8 Å². The molecule has 2 amide bonds. The molecule has 38 heavy (non-hydrogen) atoms. The lowest BCUT2D eigenvalue weighted by atomic mass is 10.0. The highest BCUT2D eigenvalue weighted by molar-refractivity contribution is 6.02. The van der Waals surface area contributed by atoms with E-state index in [-0.39, 0.29) is 17.7 Å². The lowest BCUT2D eigenvalue weighted by Gasteiger charge is -2.28. The van der Waals surface area contributed by atoms with Crippen molar-refractivity contribution in [2.24, 2.45) is 5.92 Å². The number of amides is 2. The summed E-state index contributed by atoms with van der Waals surface area (Å²) in [5.74, 6) is -0.778. The number of ether oxygens (including phenoxy) is 1. The van der Waals surface area contributed by atoms with Crippen molar-refractivity contribution in [3.63, 3.8) is 0 Å². The number of oxazole rings is 1. The molecule has 0 fully saturated rings. The maximum absolute atomic E-state index is 13.2. The number of methoxy groups -OCH3 is 1. The topological polar surface area (TPSA) is 115 Å². The Morgan fingerprint density at radius 2 is 1.79 bits per heavy atom. The molecule has 1 N–H and O–H groups in total. The van der Waals surface area contributed by atoms with Gasteiger partial charge in [0.1, 0.15) is 6.04 Å². The minimum atomic E-state index is -0.656. The van der Waals surface area contributed by atoms with Crippen LogP contribution in [-0.4, -0.2) is 45.8 Å². The molecule has 5 rings (SSSR count). The normalized spacial score (nSPS) is 13.4. The molecular formula is C29H26N4O5. The number of hydrogen-bond acceptors (Lipinski definition) is 7. The van der Waals surface area contributed by atoms with Crippen molar-refractivity contribution < 1.29 is 23.5 Å². The summed E-state index contributed by atoms with van der Waals surface area (Å²) in [7, 11) is 1.33. The first-order valence-electron chi connectivity index (χ1n) is 12.2. The quantitative estimate of drug-likeness (QED) is 0.355. The first kappa shape index (κ1) is 24.9. The van der Waals surface area contributed by atoms with Crippen molar-refractivity contribution in [3.05, 3.63) is 90.1 Å². The standard InChI is InChI=1S/C29H26N4O5/c1-17(2)25(29(36)37-3)33-16-20-10-9-19(13-22(20)28(33)35)23-12-11-21(14-30-23)32-26(34)27-31-15-24(38-27)18-7-5-4-6-8-18/h4-15,17,25H,16H2,1-3H3,(H,32,34)/t25-/m0/s1. The Morgan fingerprint density at radius 3 is 2.47 bits per heavy atom. The molecule has 1 aliphatic rings. The summed E-state index contributed by atoms with van der Waals surface area (Å²) in [5.41, 5.74) is 4.06. The van der Waals surface area contributed by atoms with E-state index in [1.165, 1.54) is 19.5 Å². The van der Waals surface area contributed by atoms with Crippen molar-refractivity contribution in [1.29, 1.82) is 0 Å². The van der Waals surface area contributed by atoms with Gasteiger partial charge >= 0.3 is 11.9 Å². The average Bonchev–Trinajstić information content (AvgIpc) is 3.55. The van der Waals surface area contributed by atoms with Gasteiger partial charge in [-0.05, 0) is 29.7 Å². The average molecular weight is 511 g/mol. The molecule has 9 heteroatoms. The van der Waals surface area contributed by atoms with Crippen LogP contribution in [0.5, 0.6) is 0 Å². The highest BCUT2D eigenvalue weighted by Crippen LogP contribution is 2.31. The van der Waals surface area contributed by atoms with E-state index in [1.54, 1.807) is 23.1 Å². The smallest absolute Gasteiger partial charge is 0.328 e. The third-order valence-corrected chi connectivity index (χ3v) is 6.43. The summed E-state index contributed by atoms with van der Waals surface area (Å²) in [5, 5.41) is 2.73. The number of carbonyl (C=O) groups is 3. The maximum Gasteiger partial charge on any atom is 0.328 e. The van der Waals surface area contributed by atoms with Gasteiger partial charge in [-0.2, -0.15) is 0 Å². The van der Waals surface area contributed by atoms with Crippen LogP contribution in [0.4, 0.5) is 5.69 Å². The largest absolute Gasteiger partial charge is 0.467 e. The van der Waals surface area contributed by atoms with Crippen LogP contribution in [-0.2, 0) is 16.1 Å². The van der Waals surface area contributed by atoms with E-state index in [1.807, 2.05) is 56.3 Å². The van der Waals surface area contributed by atoms with Crippen LogP contribution in [0, 0.1) is 5.92 Å². The Balaban J connectivity index is 1.29. The number of hydrogen-bond donors (Lipinski definition) is 1. The molecule has 0 saturated heterocycles. The molecule has 0 bridgehead atoms. The summed E-state index contributed by atoms with van der Waals surface area (Å²) in [4.78, 5) is 48.2. The summed E-state index contributed by atoms with van der Waals surface area (Å²) < 4.78 is 10.5. The van der Waals surface area contributed by atoms with E-state index < -0.39 is 17.9 Å². The summed E-state index contributed by atoms with van der Waals surface area (Å²) in [6, 6.07) is 17.8. The zero-order chi connectivity index (χ0) is 26.8. The second kappa shape index (κ2) is 10.3. The van der Waals surface area contributed by atoms with Crippen molar-refractivity contribution in [2.75, 3.05) is 12.4 Å². The molecule has 3 heterocycles. The predicted molar refractivity (Wildman–Crippen MR) is 140 cm³/mol. The third kappa shape index (κ3) is 4.78. The summed E-state index contributed by atoms with van der Waals surface area (Å²) >= 11 is 0. The van der Waals surface area contributed by atoms with E-state index in [2.05, 4.69) is 15.3 Å². The molecule has 4 aromatic rings. The zero-order valence-corrected chi connectivity index (χ0v) is 21.2. The molecule has 0 aliphatic carbocycles. The van der Waals surface area contributed by atoms with Crippen molar-refractivity contribution in [1.82, 2.24) is 14.9 Å². The van der Waals surface area contributed by atoms with Crippen LogP contribution in [0.3, 0.4) is 0 Å². The molecule has 1 aliphatic heterocycles. The Hall–Kier alpha value is -4.79. The minimum absolute atomic E-state index is 0.0544. The first-order valence-corrected chi connectivity index (χ1v) is 12.2. The summed E-state index contributed by atoms with van der Waals surface area (Å²) in [6.07, 6.45) is 3.04. The molecule has 0 unspecified atom stereocenters. The van der Waals surface area contributed by atoms with Crippen LogP contribution >= 0.6 is 0 Å². The Morgan fingerprint density at radius 1 is 1.00 bits per heavy atom. The van der Waals surface area contributed by atoms with E-state index >= 15 is 0 Å². The SMILES string of the molecule is COC(=O)[C@H](C(C)C)N1Cc2ccc(-c3ccc(NC(=O)c4ncc(-c5ccccc5)o4)cn3)cc2C1=O. The van der Waals surface area contributed by atoms with Gasteiger partial charge in [-0.3, -0.25) is 14.6 Å². The van der Waals surface area contributed by atoms with E-state index in [4.69, 9.17) is 9.15 Å². The fraction of sp³-hybridized carbons (Fsp3) is 0.207. The lowest BCUT2D eigenvalue weighted by molar-refractivity contribution is -0.147. The minimum Gasteiger partial charge on any atom is -0.467 e. The van der Waals surface area contributed by atoms with E-state index in [9.17, 15) is 14.4 Å². The fourth-order valence-corrected chi connectivity index (χ4v) is 4.53. The zero-order valence-electron chi connectivity index (χ0n) is 21.2. The van der Waals surface area contributed by atoms with Crippen molar-refractivity contribution >= 4 is 23.5 Å². The number of aromatic nitrogens is 2. The van der Waals surface area contributed by atoms with Gasteiger partial charge in [-0.25, -0.2) is 9.78 Å². The molecule has 0 spiro atoms. The van der Waals surface area contributed by atoms with Crippen LogP contribution in [0.15, 0.2) is 77.5 Å². The lowest BCUT2D eigenvalue weighted by Crippen LogP contribution is -2.45. The molecule has 0 saturated carbocycles. The second-order valence-corrected chi connectivity index (χ2v) is 9.30. The monoisotopic (exact) mass is 510 g/mol. The molecule has 0 radical (unpaired) electrons. The number of benzene rings is 2. The first-order chi connectivity index (χ1) is 18.4. The number of esters is 1. The Kier molecular flexibility index (Phi) is 6.74. The van der Waals surface area contributed by atoms with Gasteiger partial charge in [0.15, 0.2) is 5.76 Å². The second-order valence-electron chi connectivity index (χ2n) is 9.30. The van der Waals surface area contributed by atoms with Crippen LogP contribution in [0.1, 0.15) is 40.5 Å². The van der Waals surface area contributed by atoms with Gasteiger partial charge in [0.05, 0.1) is 30.9 Å². The number of nitrogens with one attached hydrogen (secondary N) is 1. The number of anilines is 1. The number of rotatable bonds is 7. The van der Waals surface area contributed by atoms with Gasteiger partial charge in [-0.1, -0.05) is 56.3 Å². The van der Waals surface area contributed by atoms with Crippen molar-refractivity contribution in [3.8, 4) is 22.6 Å². The van der Waals surface area contributed by atoms with Crippen molar-refractivity contribution in [2.45, 2.75) is 26.4 Å². The van der Waals surface area contributed by atoms with Crippen LogP contribution in [0.25, 0.3) is 22.6 Å². The molecule has 192 valence electrons.